The number of rotatable bonds is 3. The van der Waals surface area contributed by atoms with Crippen molar-refractivity contribution in [3.63, 3.8) is 0 Å². The van der Waals surface area contributed by atoms with E-state index in [2.05, 4.69) is 15.9 Å². The number of hydrogen-bond acceptors (Lipinski definition) is 4. The number of aliphatic hydroxyl groups excluding tert-OH is 1. The van der Waals surface area contributed by atoms with Crippen molar-refractivity contribution in [2.45, 2.75) is 17.9 Å². The second-order valence-corrected chi connectivity index (χ2v) is 7.05. The molecule has 1 fully saturated rings. The van der Waals surface area contributed by atoms with Gasteiger partial charge in [-0.15, -0.1) is 0 Å². The summed E-state index contributed by atoms with van der Waals surface area (Å²) in [6.07, 6.45) is 0.691. The van der Waals surface area contributed by atoms with E-state index in [1.165, 1.54) is 10.4 Å². The highest BCUT2D eigenvalue weighted by atomic mass is 79.9. The third kappa shape index (κ3) is 3.35. The Hall–Kier alpha value is -0.470. The maximum Gasteiger partial charge on any atom is 0.244 e. The van der Waals surface area contributed by atoms with Crippen LogP contribution < -0.4 is 0 Å². The smallest absolute Gasteiger partial charge is 0.244 e. The summed E-state index contributed by atoms with van der Waals surface area (Å²) in [6.45, 7) is 1.63. The zero-order valence-corrected chi connectivity index (χ0v) is 12.8. The lowest BCUT2D eigenvalue weighted by Crippen LogP contribution is -2.33. The molecule has 2 rings (SSSR count). The molecule has 0 bridgehead atoms. The molecule has 1 aromatic carbocycles. The Morgan fingerprint density at radius 3 is 2.84 bits per heavy atom. The van der Waals surface area contributed by atoms with Gasteiger partial charge in [-0.05, 0) is 40.0 Å². The first-order valence-electron chi connectivity index (χ1n) is 6.03. The first-order chi connectivity index (χ1) is 9.05. The molecule has 19 heavy (non-hydrogen) atoms. The summed E-state index contributed by atoms with van der Waals surface area (Å²) in [5.41, 5.74) is 0.577. The topological polar surface area (TPSA) is 66.8 Å². The Kier molecular flexibility index (Phi) is 4.97. The highest BCUT2D eigenvalue weighted by molar-refractivity contribution is 9.10. The Bertz CT molecular complexity index is 539. The Morgan fingerprint density at radius 1 is 1.32 bits per heavy atom. The van der Waals surface area contributed by atoms with Crippen molar-refractivity contribution in [3.05, 3.63) is 28.2 Å². The van der Waals surface area contributed by atoms with E-state index in [9.17, 15) is 8.42 Å². The van der Waals surface area contributed by atoms with Crippen LogP contribution in [0.25, 0.3) is 0 Å². The van der Waals surface area contributed by atoms with Crippen molar-refractivity contribution in [2.24, 2.45) is 0 Å². The van der Waals surface area contributed by atoms with E-state index in [0.717, 1.165) is 0 Å². The van der Waals surface area contributed by atoms with Gasteiger partial charge in [0.15, 0.2) is 0 Å². The molecule has 0 unspecified atom stereocenters. The van der Waals surface area contributed by atoms with Crippen molar-refractivity contribution in [1.82, 2.24) is 4.31 Å². The van der Waals surface area contributed by atoms with Crippen LogP contribution in [-0.2, 0) is 21.4 Å². The monoisotopic (exact) mass is 349 g/mol. The minimum Gasteiger partial charge on any atom is -0.392 e. The molecule has 1 aliphatic heterocycles. The van der Waals surface area contributed by atoms with Crippen molar-refractivity contribution in [2.75, 3.05) is 26.3 Å². The van der Waals surface area contributed by atoms with Crippen LogP contribution in [0.15, 0.2) is 27.6 Å². The van der Waals surface area contributed by atoms with Crippen LogP contribution in [0.5, 0.6) is 0 Å². The summed E-state index contributed by atoms with van der Waals surface area (Å²) >= 11 is 3.26. The molecule has 0 spiro atoms. The summed E-state index contributed by atoms with van der Waals surface area (Å²) in [6, 6.07) is 4.84. The number of halogens is 1. The zero-order chi connectivity index (χ0) is 13.9. The van der Waals surface area contributed by atoms with Gasteiger partial charge in [0.2, 0.25) is 10.0 Å². The van der Waals surface area contributed by atoms with Gasteiger partial charge in [0.25, 0.3) is 0 Å². The maximum atomic E-state index is 12.6. The fraction of sp³-hybridized carbons (Fsp3) is 0.500. The fourth-order valence-electron chi connectivity index (χ4n) is 1.95. The average Bonchev–Trinajstić information content (AvgIpc) is 2.68. The van der Waals surface area contributed by atoms with Gasteiger partial charge in [0, 0.05) is 24.2 Å². The lowest BCUT2D eigenvalue weighted by atomic mass is 10.2. The predicted octanol–water partition coefficient (Wildman–Crippen LogP) is 1.35. The molecule has 106 valence electrons. The van der Waals surface area contributed by atoms with Crippen molar-refractivity contribution in [1.29, 1.82) is 0 Å². The van der Waals surface area contributed by atoms with Crippen LogP contribution in [0.1, 0.15) is 12.0 Å². The van der Waals surface area contributed by atoms with Crippen LogP contribution in [0.4, 0.5) is 0 Å². The quantitative estimate of drug-likeness (QED) is 0.894. The fourth-order valence-corrected chi connectivity index (χ4v) is 4.38. The molecular formula is C12H16BrNO4S. The lowest BCUT2D eigenvalue weighted by Gasteiger charge is -2.20. The molecule has 0 radical (unpaired) electrons. The first kappa shape index (κ1) is 14.9. The number of benzene rings is 1. The SMILES string of the molecule is O=S(=O)(c1cc(CO)ccc1Br)N1CCCOCC1. The molecule has 0 aliphatic carbocycles. The van der Waals surface area contributed by atoms with Crippen LogP contribution in [0, 0.1) is 0 Å². The van der Waals surface area contributed by atoms with Gasteiger partial charge in [-0.1, -0.05) is 6.07 Å². The van der Waals surface area contributed by atoms with E-state index >= 15 is 0 Å². The van der Waals surface area contributed by atoms with E-state index in [0.29, 0.717) is 42.8 Å². The lowest BCUT2D eigenvalue weighted by molar-refractivity contribution is 0.148. The van der Waals surface area contributed by atoms with Crippen molar-refractivity contribution in [3.8, 4) is 0 Å². The number of ether oxygens (including phenoxy) is 1. The molecule has 1 aromatic rings. The van der Waals surface area contributed by atoms with E-state index in [4.69, 9.17) is 9.84 Å². The van der Waals surface area contributed by atoms with Gasteiger partial charge in [0.05, 0.1) is 18.1 Å². The number of aliphatic hydroxyl groups is 1. The molecule has 0 aromatic heterocycles. The second kappa shape index (κ2) is 6.32. The first-order valence-corrected chi connectivity index (χ1v) is 8.26. The van der Waals surface area contributed by atoms with E-state index in [1.54, 1.807) is 12.1 Å². The van der Waals surface area contributed by atoms with Gasteiger partial charge < -0.3 is 9.84 Å². The molecule has 1 heterocycles. The van der Waals surface area contributed by atoms with Crippen LogP contribution in [0.2, 0.25) is 0 Å². The number of sulfonamides is 1. The molecule has 1 aliphatic rings. The molecule has 0 amide bonds. The minimum absolute atomic E-state index is 0.182. The van der Waals surface area contributed by atoms with Crippen LogP contribution in [-0.4, -0.2) is 44.1 Å². The van der Waals surface area contributed by atoms with E-state index < -0.39 is 10.0 Å². The Morgan fingerprint density at radius 2 is 2.11 bits per heavy atom. The van der Waals surface area contributed by atoms with Gasteiger partial charge in [-0.25, -0.2) is 8.42 Å². The molecule has 1 saturated heterocycles. The largest absolute Gasteiger partial charge is 0.392 e. The van der Waals surface area contributed by atoms with E-state index in [-0.39, 0.29) is 11.5 Å². The highest BCUT2D eigenvalue weighted by Gasteiger charge is 2.27. The molecule has 5 nitrogen and oxygen atoms in total. The molecule has 0 saturated carbocycles. The van der Waals surface area contributed by atoms with Crippen molar-refractivity contribution >= 4 is 26.0 Å². The standard InChI is InChI=1S/C12H16BrNO4S/c13-11-3-2-10(9-15)8-12(11)19(16,17)14-4-1-6-18-7-5-14/h2-3,8,15H,1,4-7,9H2. The predicted molar refractivity (Wildman–Crippen MR) is 74.3 cm³/mol. The zero-order valence-electron chi connectivity index (χ0n) is 10.4. The molecular weight excluding hydrogens is 334 g/mol. The third-order valence-corrected chi connectivity index (χ3v) is 5.87. The second-order valence-electron chi connectivity index (χ2n) is 4.29. The number of nitrogens with zero attached hydrogens (tertiary/aromatic N) is 1. The molecule has 7 heteroatoms. The van der Waals surface area contributed by atoms with Gasteiger partial charge >= 0.3 is 0 Å². The van der Waals surface area contributed by atoms with Crippen molar-refractivity contribution < 1.29 is 18.3 Å². The summed E-state index contributed by atoms with van der Waals surface area (Å²) < 4.78 is 32.4. The highest BCUT2D eigenvalue weighted by Crippen LogP contribution is 2.26. The Balaban J connectivity index is 2.37. The van der Waals surface area contributed by atoms with Crippen LogP contribution >= 0.6 is 15.9 Å². The third-order valence-electron chi connectivity index (χ3n) is 2.98. The summed E-state index contributed by atoms with van der Waals surface area (Å²) in [4.78, 5) is 0.195. The maximum absolute atomic E-state index is 12.6. The van der Waals surface area contributed by atoms with E-state index in [1.807, 2.05) is 0 Å². The normalized spacial score (nSPS) is 18.2. The van der Waals surface area contributed by atoms with Crippen LogP contribution in [0.3, 0.4) is 0 Å². The average molecular weight is 350 g/mol. The molecule has 1 N–H and O–H groups in total. The summed E-state index contributed by atoms with van der Waals surface area (Å²) in [5.74, 6) is 0. The van der Waals surface area contributed by atoms with Gasteiger partial charge in [-0.2, -0.15) is 4.31 Å². The number of hydrogen-bond donors (Lipinski definition) is 1. The summed E-state index contributed by atoms with van der Waals surface area (Å²) in [7, 11) is -3.55. The van der Waals surface area contributed by atoms with Gasteiger partial charge in [-0.3, -0.25) is 0 Å². The Labute approximate surface area is 121 Å². The summed E-state index contributed by atoms with van der Waals surface area (Å²) in [5, 5.41) is 9.13. The minimum atomic E-state index is -3.55. The van der Waals surface area contributed by atoms with Gasteiger partial charge in [0.1, 0.15) is 0 Å². The molecule has 0 atom stereocenters.